The van der Waals surface area contributed by atoms with Crippen LogP contribution in [0.2, 0.25) is 0 Å². The molecule has 1 aliphatic rings. The molecule has 0 saturated heterocycles. The summed E-state index contributed by atoms with van der Waals surface area (Å²) in [7, 11) is 0. The summed E-state index contributed by atoms with van der Waals surface area (Å²) >= 11 is 0. The molecule has 125 valence electrons. The predicted molar refractivity (Wildman–Crippen MR) is 84.7 cm³/mol. The number of benzene rings is 1. The first-order valence-corrected chi connectivity index (χ1v) is 7.23. The van der Waals surface area contributed by atoms with Crippen molar-refractivity contribution in [1.82, 2.24) is 0 Å². The van der Waals surface area contributed by atoms with Crippen molar-refractivity contribution in [2.45, 2.75) is 19.3 Å². The van der Waals surface area contributed by atoms with Crippen LogP contribution in [0.25, 0.3) is 0 Å². The SMILES string of the molecule is O=C(CCCC(=O)[C]1[CH][CH][CH][CH]1)Nc1c(O)ccc(C(=O)O)c1O. The maximum Gasteiger partial charge on any atom is 0.339 e. The second-order valence-corrected chi connectivity index (χ2v) is 5.16. The fraction of sp³-hybridized carbons (Fsp3) is 0.176. The summed E-state index contributed by atoms with van der Waals surface area (Å²) in [5.74, 6) is -2.59. The molecule has 0 bridgehead atoms. The third kappa shape index (κ3) is 4.24. The van der Waals surface area contributed by atoms with E-state index in [1.807, 2.05) is 0 Å². The van der Waals surface area contributed by atoms with E-state index in [0.717, 1.165) is 12.1 Å². The van der Waals surface area contributed by atoms with Crippen molar-refractivity contribution in [3.63, 3.8) is 0 Å². The van der Waals surface area contributed by atoms with Crippen LogP contribution in [0.5, 0.6) is 11.5 Å². The molecule has 1 fully saturated rings. The van der Waals surface area contributed by atoms with Crippen LogP contribution in [-0.2, 0) is 9.59 Å². The minimum absolute atomic E-state index is 0.0113. The van der Waals surface area contributed by atoms with Crippen molar-refractivity contribution in [1.29, 1.82) is 0 Å². The van der Waals surface area contributed by atoms with Crippen molar-refractivity contribution in [2.75, 3.05) is 5.32 Å². The lowest BCUT2D eigenvalue weighted by Crippen LogP contribution is -2.14. The number of carboxylic acids is 1. The Morgan fingerprint density at radius 2 is 1.67 bits per heavy atom. The number of phenolic OH excluding ortho intramolecular Hbond substituents is 1. The number of rotatable bonds is 7. The molecule has 0 aliphatic heterocycles. The molecular weight excluding hydrogens is 314 g/mol. The van der Waals surface area contributed by atoms with Gasteiger partial charge in [-0.1, -0.05) is 0 Å². The molecule has 0 heterocycles. The molecule has 1 aromatic carbocycles. The Bertz CT molecular complexity index is 649. The highest BCUT2D eigenvalue weighted by molar-refractivity contribution is 6.00. The van der Waals surface area contributed by atoms with Gasteiger partial charge in [0, 0.05) is 18.8 Å². The molecule has 5 radical (unpaired) electrons. The predicted octanol–water partition coefficient (Wildman–Crippen LogP) is 1.88. The van der Waals surface area contributed by atoms with Crippen LogP contribution < -0.4 is 5.32 Å². The number of nitrogens with one attached hydrogen (secondary N) is 1. The van der Waals surface area contributed by atoms with E-state index in [9.17, 15) is 24.6 Å². The van der Waals surface area contributed by atoms with Gasteiger partial charge in [-0.2, -0.15) is 0 Å². The quantitative estimate of drug-likeness (QED) is 0.566. The monoisotopic (exact) mass is 330 g/mol. The Morgan fingerprint density at radius 3 is 2.29 bits per heavy atom. The highest BCUT2D eigenvalue weighted by Gasteiger charge is 2.24. The summed E-state index contributed by atoms with van der Waals surface area (Å²) in [6, 6.07) is 2.10. The third-order valence-corrected chi connectivity index (χ3v) is 3.44. The number of aromatic carboxylic acids is 1. The van der Waals surface area contributed by atoms with Gasteiger partial charge in [0.25, 0.3) is 0 Å². The summed E-state index contributed by atoms with van der Waals surface area (Å²) in [5, 5.41) is 30.7. The standard InChI is InChI=1S/C17H16NO6/c19-12(10-4-1-2-5-10)6-3-7-14(21)18-15-13(20)9-8-11(16(15)22)17(23)24/h1-2,4-5,8-9,20,22H,3,6-7H2,(H,18,21)(H,23,24). The van der Waals surface area contributed by atoms with Crippen LogP contribution in [0, 0.1) is 31.6 Å². The molecule has 1 aromatic rings. The van der Waals surface area contributed by atoms with Crippen LogP contribution >= 0.6 is 0 Å². The van der Waals surface area contributed by atoms with Crippen LogP contribution in [0.4, 0.5) is 5.69 Å². The van der Waals surface area contributed by atoms with E-state index in [2.05, 4.69) is 5.32 Å². The minimum Gasteiger partial charge on any atom is -0.506 e. The number of anilines is 1. The molecule has 7 nitrogen and oxygen atoms in total. The van der Waals surface area contributed by atoms with Gasteiger partial charge in [-0.15, -0.1) is 0 Å². The maximum atomic E-state index is 11.9. The van der Waals surface area contributed by atoms with Gasteiger partial charge in [-0.05, 0) is 44.2 Å². The number of ketones is 1. The molecule has 0 aromatic heterocycles. The summed E-state index contributed by atoms with van der Waals surface area (Å²) in [4.78, 5) is 34.6. The van der Waals surface area contributed by atoms with Crippen molar-refractivity contribution in [3.05, 3.63) is 49.3 Å². The lowest BCUT2D eigenvalue weighted by molar-refractivity contribution is -0.117. The van der Waals surface area contributed by atoms with Gasteiger partial charge in [0.1, 0.15) is 22.8 Å². The first kappa shape index (κ1) is 17.8. The number of phenols is 2. The second kappa shape index (κ2) is 7.81. The summed E-state index contributed by atoms with van der Waals surface area (Å²) in [6.45, 7) is 0. The topological polar surface area (TPSA) is 124 Å². The van der Waals surface area contributed by atoms with E-state index in [1.165, 1.54) is 0 Å². The fourth-order valence-corrected chi connectivity index (χ4v) is 2.19. The Kier molecular flexibility index (Phi) is 5.78. The normalized spacial score (nSPS) is 14.5. The van der Waals surface area contributed by atoms with Gasteiger partial charge in [0.05, 0.1) is 0 Å². The van der Waals surface area contributed by atoms with Gasteiger partial charge in [0.15, 0.2) is 5.75 Å². The van der Waals surface area contributed by atoms with Crippen molar-refractivity contribution < 1.29 is 29.7 Å². The van der Waals surface area contributed by atoms with Crippen LogP contribution in [0.15, 0.2) is 12.1 Å². The molecule has 0 atom stereocenters. The zero-order valence-corrected chi connectivity index (χ0v) is 12.7. The Labute approximate surface area is 139 Å². The highest BCUT2D eigenvalue weighted by atomic mass is 16.4. The number of amides is 1. The molecule has 1 saturated carbocycles. The van der Waals surface area contributed by atoms with E-state index < -0.39 is 28.9 Å². The van der Waals surface area contributed by atoms with Gasteiger partial charge < -0.3 is 20.6 Å². The molecule has 7 heteroatoms. The average Bonchev–Trinajstić information content (AvgIpc) is 3.05. The number of aromatic hydroxyl groups is 2. The van der Waals surface area contributed by atoms with E-state index in [1.54, 1.807) is 25.7 Å². The molecule has 0 spiro atoms. The fourth-order valence-electron chi connectivity index (χ4n) is 2.19. The van der Waals surface area contributed by atoms with Gasteiger partial charge in [-0.3, -0.25) is 9.59 Å². The van der Waals surface area contributed by atoms with Crippen molar-refractivity contribution >= 4 is 23.3 Å². The Balaban J connectivity index is 1.89. The molecule has 24 heavy (non-hydrogen) atoms. The van der Waals surface area contributed by atoms with Gasteiger partial charge in [-0.25, -0.2) is 4.79 Å². The van der Waals surface area contributed by atoms with Gasteiger partial charge in [0.2, 0.25) is 5.91 Å². The van der Waals surface area contributed by atoms with Gasteiger partial charge >= 0.3 is 5.97 Å². The second-order valence-electron chi connectivity index (χ2n) is 5.16. The summed E-state index contributed by atoms with van der Waals surface area (Å²) in [6.07, 6.45) is 7.34. The third-order valence-electron chi connectivity index (χ3n) is 3.44. The van der Waals surface area contributed by atoms with E-state index >= 15 is 0 Å². The lowest BCUT2D eigenvalue weighted by atomic mass is 9.98. The smallest absolute Gasteiger partial charge is 0.339 e. The number of carboxylic acid groups (broad SMARTS) is 1. The molecule has 2 rings (SSSR count). The lowest BCUT2D eigenvalue weighted by Gasteiger charge is -2.11. The molecule has 1 aliphatic carbocycles. The molecular formula is C17H16NO6. The molecule has 4 N–H and O–H groups in total. The summed E-state index contributed by atoms with van der Waals surface area (Å²) in [5.41, 5.74) is -0.795. The number of carbonyl (C=O) groups is 3. The van der Waals surface area contributed by atoms with Crippen LogP contribution in [0.1, 0.15) is 29.6 Å². The first-order valence-electron chi connectivity index (χ1n) is 7.23. The number of Topliss-reactive ketones (excluding diaryl/α,β-unsaturated/α-hetero) is 1. The van der Waals surface area contributed by atoms with Crippen molar-refractivity contribution in [3.8, 4) is 11.5 Å². The minimum atomic E-state index is -1.39. The number of hydrogen-bond donors (Lipinski definition) is 4. The zero-order chi connectivity index (χ0) is 17.7. The number of carbonyl (C=O) groups excluding carboxylic acids is 2. The zero-order valence-electron chi connectivity index (χ0n) is 12.7. The van der Waals surface area contributed by atoms with Crippen LogP contribution in [0.3, 0.4) is 0 Å². The Morgan fingerprint density at radius 1 is 1.00 bits per heavy atom. The van der Waals surface area contributed by atoms with E-state index in [0.29, 0.717) is 5.92 Å². The first-order chi connectivity index (χ1) is 11.4. The highest BCUT2D eigenvalue weighted by Crippen LogP contribution is 2.36. The number of hydrogen-bond acceptors (Lipinski definition) is 5. The van der Waals surface area contributed by atoms with E-state index in [4.69, 9.17) is 5.11 Å². The maximum absolute atomic E-state index is 11.9. The average molecular weight is 330 g/mol. The van der Waals surface area contributed by atoms with E-state index in [-0.39, 0.29) is 30.7 Å². The molecule has 1 amide bonds. The summed E-state index contributed by atoms with van der Waals surface area (Å²) < 4.78 is 0. The van der Waals surface area contributed by atoms with Crippen LogP contribution in [-0.4, -0.2) is 33.0 Å². The van der Waals surface area contributed by atoms with Crippen molar-refractivity contribution in [2.24, 2.45) is 0 Å². The molecule has 0 unspecified atom stereocenters. The Hall–Kier alpha value is -2.57. The largest absolute Gasteiger partial charge is 0.506 e.